The van der Waals surface area contributed by atoms with Crippen LogP contribution in [0, 0.1) is 0 Å². The molecule has 86 valence electrons. The van der Waals surface area contributed by atoms with Crippen molar-refractivity contribution >= 4 is 0 Å². The highest BCUT2D eigenvalue weighted by atomic mass is 16.7. The average molecular weight is 202 g/mol. The zero-order chi connectivity index (χ0) is 10.9. The Kier molecular flexibility index (Phi) is 8.20. The van der Waals surface area contributed by atoms with Crippen LogP contribution in [0.25, 0.3) is 0 Å². The molecule has 0 N–H and O–H groups in total. The Balaban J connectivity index is 3.61. The highest BCUT2D eigenvalue weighted by molar-refractivity contribution is 4.66. The highest BCUT2D eigenvalue weighted by Gasteiger charge is 2.25. The molecule has 0 heterocycles. The van der Waals surface area contributed by atoms with Gasteiger partial charge in [0, 0.05) is 20.6 Å². The van der Waals surface area contributed by atoms with Crippen molar-refractivity contribution in [2.24, 2.45) is 0 Å². The molecule has 2 nitrogen and oxygen atoms in total. The fourth-order valence-electron chi connectivity index (χ4n) is 1.75. The van der Waals surface area contributed by atoms with Gasteiger partial charge in [0.2, 0.25) is 0 Å². The Morgan fingerprint density at radius 1 is 0.857 bits per heavy atom. The van der Waals surface area contributed by atoms with Crippen molar-refractivity contribution < 1.29 is 9.47 Å². The van der Waals surface area contributed by atoms with Crippen molar-refractivity contribution in [2.75, 3.05) is 14.2 Å². The monoisotopic (exact) mass is 202 g/mol. The zero-order valence-electron chi connectivity index (χ0n) is 10.3. The molecule has 0 unspecified atom stereocenters. The van der Waals surface area contributed by atoms with Gasteiger partial charge < -0.3 is 9.47 Å². The Bertz CT molecular complexity index is 111. The predicted molar refractivity (Wildman–Crippen MR) is 60.4 cm³/mol. The van der Waals surface area contributed by atoms with E-state index in [0.29, 0.717) is 0 Å². The van der Waals surface area contributed by atoms with Gasteiger partial charge in [-0.25, -0.2) is 0 Å². The fraction of sp³-hybridized carbons (Fsp3) is 1.00. The molecule has 0 aliphatic heterocycles. The van der Waals surface area contributed by atoms with Crippen LogP contribution in [0.4, 0.5) is 0 Å². The van der Waals surface area contributed by atoms with E-state index in [2.05, 4.69) is 13.8 Å². The van der Waals surface area contributed by atoms with Gasteiger partial charge >= 0.3 is 0 Å². The van der Waals surface area contributed by atoms with E-state index in [4.69, 9.17) is 9.47 Å². The third-order valence-electron chi connectivity index (χ3n) is 2.94. The third-order valence-corrected chi connectivity index (χ3v) is 2.94. The molecule has 0 spiro atoms. The number of methoxy groups -OCH3 is 2. The third kappa shape index (κ3) is 4.97. The molecule has 0 fully saturated rings. The maximum atomic E-state index is 5.42. The van der Waals surface area contributed by atoms with Gasteiger partial charge in [0.25, 0.3) is 0 Å². The van der Waals surface area contributed by atoms with Gasteiger partial charge in [-0.05, 0) is 12.8 Å². The van der Waals surface area contributed by atoms with Crippen LogP contribution in [0.3, 0.4) is 0 Å². The van der Waals surface area contributed by atoms with Crippen LogP contribution in [-0.4, -0.2) is 20.0 Å². The summed E-state index contributed by atoms with van der Waals surface area (Å²) in [7, 11) is 3.47. The fourth-order valence-corrected chi connectivity index (χ4v) is 1.75. The maximum absolute atomic E-state index is 5.42. The summed E-state index contributed by atoms with van der Waals surface area (Å²) in [6.07, 6.45) is 8.42. The zero-order valence-corrected chi connectivity index (χ0v) is 10.3. The van der Waals surface area contributed by atoms with Crippen LogP contribution >= 0.6 is 0 Å². The minimum absolute atomic E-state index is 0.327. The van der Waals surface area contributed by atoms with Crippen LogP contribution in [0.15, 0.2) is 0 Å². The molecule has 0 amide bonds. The smallest absolute Gasteiger partial charge is 0.167 e. The van der Waals surface area contributed by atoms with E-state index in [9.17, 15) is 0 Å². The second-order valence-corrected chi connectivity index (χ2v) is 3.84. The van der Waals surface area contributed by atoms with Crippen LogP contribution in [0.1, 0.15) is 58.8 Å². The van der Waals surface area contributed by atoms with Gasteiger partial charge in [-0.1, -0.05) is 39.5 Å². The van der Waals surface area contributed by atoms with Gasteiger partial charge in [-0.15, -0.1) is 0 Å². The van der Waals surface area contributed by atoms with Gasteiger partial charge in [0.05, 0.1) is 0 Å². The SMILES string of the molecule is CCCCCCCC(CC)(OC)OC. The Hall–Kier alpha value is -0.0800. The van der Waals surface area contributed by atoms with Gasteiger partial charge in [-0.3, -0.25) is 0 Å². The highest BCUT2D eigenvalue weighted by Crippen LogP contribution is 2.23. The molecule has 0 saturated carbocycles. The molecule has 0 saturated heterocycles. The lowest BCUT2D eigenvalue weighted by Crippen LogP contribution is -2.32. The van der Waals surface area contributed by atoms with E-state index < -0.39 is 0 Å². The standard InChI is InChI=1S/C12H26O2/c1-5-7-8-9-10-11-12(6-2,13-3)14-4/h5-11H2,1-4H3. The lowest BCUT2D eigenvalue weighted by molar-refractivity contribution is -0.212. The summed E-state index contributed by atoms with van der Waals surface area (Å²) in [5.74, 6) is -0.327. The van der Waals surface area contributed by atoms with Crippen LogP contribution in [0.2, 0.25) is 0 Å². The van der Waals surface area contributed by atoms with Crippen molar-refractivity contribution in [3.8, 4) is 0 Å². The van der Waals surface area contributed by atoms with Crippen molar-refractivity contribution in [1.29, 1.82) is 0 Å². The largest absolute Gasteiger partial charge is 0.353 e. The average Bonchev–Trinajstić information content (AvgIpc) is 2.24. The van der Waals surface area contributed by atoms with E-state index in [1.54, 1.807) is 14.2 Å². The minimum atomic E-state index is -0.327. The Labute approximate surface area is 89.0 Å². The first-order valence-corrected chi connectivity index (χ1v) is 5.85. The number of rotatable bonds is 9. The Morgan fingerprint density at radius 2 is 1.43 bits per heavy atom. The van der Waals surface area contributed by atoms with Crippen LogP contribution < -0.4 is 0 Å². The topological polar surface area (TPSA) is 18.5 Å². The predicted octanol–water partition coefficient (Wildman–Crippen LogP) is 3.75. The molecule has 0 radical (unpaired) electrons. The molecule has 14 heavy (non-hydrogen) atoms. The summed E-state index contributed by atoms with van der Waals surface area (Å²) in [5, 5.41) is 0. The normalized spacial score (nSPS) is 12.0. The summed E-state index contributed by atoms with van der Waals surface area (Å²) in [5.41, 5.74) is 0. The minimum Gasteiger partial charge on any atom is -0.353 e. The molecule has 0 aliphatic rings. The molecule has 0 aromatic rings. The van der Waals surface area contributed by atoms with E-state index in [1.807, 2.05) is 0 Å². The molecule has 0 aromatic carbocycles. The molecule has 0 rings (SSSR count). The molecule has 0 atom stereocenters. The summed E-state index contributed by atoms with van der Waals surface area (Å²) >= 11 is 0. The van der Waals surface area contributed by atoms with Gasteiger partial charge in [-0.2, -0.15) is 0 Å². The number of ether oxygens (including phenoxy) is 2. The first-order chi connectivity index (χ1) is 6.74. The van der Waals surface area contributed by atoms with Crippen molar-refractivity contribution in [1.82, 2.24) is 0 Å². The van der Waals surface area contributed by atoms with E-state index in [1.165, 1.54) is 32.1 Å². The molecule has 0 aromatic heterocycles. The molecule has 2 heteroatoms. The summed E-state index contributed by atoms with van der Waals surface area (Å²) < 4.78 is 10.8. The first-order valence-electron chi connectivity index (χ1n) is 5.85. The van der Waals surface area contributed by atoms with E-state index in [-0.39, 0.29) is 5.79 Å². The lowest BCUT2D eigenvalue weighted by atomic mass is 10.0. The second kappa shape index (κ2) is 8.25. The van der Waals surface area contributed by atoms with Crippen LogP contribution in [0.5, 0.6) is 0 Å². The van der Waals surface area contributed by atoms with E-state index >= 15 is 0 Å². The lowest BCUT2D eigenvalue weighted by Gasteiger charge is -2.29. The molecule has 0 bridgehead atoms. The van der Waals surface area contributed by atoms with Gasteiger partial charge in [0.15, 0.2) is 5.79 Å². The quantitative estimate of drug-likeness (QED) is 0.419. The van der Waals surface area contributed by atoms with Gasteiger partial charge in [0.1, 0.15) is 0 Å². The van der Waals surface area contributed by atoms with Crippen molar-refractivity contribution in [2.45, 2.75) is 64.6 Å². The second-order valence-electron chi connectivity index (χ2n) is 3.84. The molecular weight excluding hydrogens is 176 g/mol. The Morgan fingerprint density at radius 3 is 1.86 bits per heavy atom. The van der Waals surface area contributed by atoms with E-state index in [0.717, 1.165) is 12.8 Å². The number of hydrogen-bond donors (Lipinski definition) is 0. The van der Waals surface area contributed by atoms with Crippen LogP contribution in [-0.2, 0) is 9.47 Å². The number of hydrogen-bond acceptors (Lipinski definition) is 2. The summed E-state index contributed by atoms with van der Waals surface area (Å²) in [6, 6.07) is 0. The van der Waals surface area contributed by atoms with Crippen molar-refractivity contribution in [3.05, 3.63) is 0 Å². The number of unbranched alkanes of at least 4 members (excludes halogenated alkanes) is 4. The first kappa shape index (κ1) is 13.9. The molecule has 0 aliphatic carbocycles. The molecular formula is C12H26O2. The maximum Gasteiger partial charge on any atom is 0.167 e. The summed E-state index contributed by atoms with van der Waals surface area (Å²) in [6.45, 7) is 4.35. The van der Waals surface area contributed by atoms with Crippen molar-refractivity contribution in [3.63, 3.8) is 0 Å². The summed E-state index contributed by atoms with van der Waals surface area (Å²) in [4.78, 5) is 0.